The molecule has 106 valence electrons. The molecule has 0 fully saturated rings. The van der Waals surface area contributed by atoms with Crippen LogP contribution in [0.3, 0.4) is 0 Å². The highest BCUT2D eigenvalue weighted by Gasteiger charge is 2.12. The van der Waals surface area contributed by atoms with Crippen molar-refractivity contribution in [1.29, 1.82) is 0 Å². The van der Waals surface area contributed by atoms with Crippen LogP contribution in [0.15, 0.2) is 11.8 Å². The van der Waals surface area contributed by atoms with Crippen molar-refractivity contribution in [3.63, 3.8) is 0 Å². The minimum Gasteiger partial charge on any atom is -0.430 e. The Labute approximate surface area is 107 Å². The second kappa shape index (κ2) is 10.0. The molecule has 0 radical (unpaired) electrons. The molecular weight excluding hydrogens is 240 g/mol. The number of hydrogen-bond acceptors (Lipinski definition) is 6. The van der Waals surface area contributed by atoms with E-state index in [4.69, 9.17) is 19.7 Å². The molecule has 0 spiro atoms. The van der Waals surface area contributed by atoms with Crippen LogP contribution >= 0.6 is 0 Å². The summed E-state index contributed by atoms with van der Waals surface area (Å²) in [6.07, 6.45) is 0.575. The standard InChI is InChI=1S/C8H18O4.C4H4O2/c1-7(9)5-11-3-4-12-6-8(2)10;1-3-2-6-4(3)5/h7-10H,3-6H2,1-2H3;2H,1H3. The fourth-order valence-corrected chi connectivity index (χ4v) is 0.851. The largest absolute Gasteiger partial charge is 0.430 e. The van der Waals surface area contributed by atoms with Crippen LogP contribution in [0, 0.1) is 0 Å². The summed E-state index contributed by atoms with van der Waals surface area (Å²) in [7, 11) is 0. The van der Waals surface area contributed by atoms with E-state index in [9.17, 15) is 4.79 Å². The van der Waals surface area contributed by atoms with Gasteiger partial charge in [0.1, 0.15) is 6.26 Å². The molecular formula is C12H22O6. The first-order valence-corrected chi connectivity index (χ1v) is 5.82. The van der Waals surface area contributed by atoms with Gasteiger partial charge in [0.05, 0.1) is 44.2 Å². The third kappa shape index (κ3) is 10.2. The number of hydrogen-bond donors (Lipinski definition) is 2. The SMILES string of the molecule is CC(O)COCCOCC(C)O.CC1=COC1=O. The van der Waals surface area contributed by atoms with Gasteiger partial charge in [-0.25, -0.2) is 4.79 Å². The van der Waals surface area contributed by atoms with E-state index < -0.39 is 12.2 Å². The molecule has 0 saturated heterocycles. The van der Waals surface area contributed by atoms with Crippen LogP contribution < -0.4 is 0 Å². The summed E-state index contributed by atoms with van der Waals surface area (Å²) < 4.78 is 14.3. The Balaban J connectivity index is 0.000000397. The molecule has 2 atom stereocenters. The van der Waals surface area contributed by atoms with E-state index >= 15 is 0 Å². The summed E-state index contributed by atoms with van der Waals surface area (Å²) in [5.41, 5.74) is 0.704. The fraction of sp³-hybridized carbons (Fsp3) is 0.750. The zero-order chi connectivity index (χ0) is 14.0. The van der Waals surface area contributed by atoms with Gasteiger partial charge in [-0.1, -0.05) is 0 Å². The lowest BCUT2D eigenvalue weighted by molar-refractivity contribution is -0.138. The van der Waals surface area contributed by atoms with Crippen molar-refractivity contribution in [3.05, 3.63) is 11.8 Å². The fourth-order valence-electron chi connectivity index (χ4n) is 0.851. The summed E-state index contributed by atoms with van der Waals surface area (Å²) in [4.78, 5) is 9.94. The molecule has 2 N–H and O–H groups in total. The molecule has 1 rings (SSSR count). The summed E-state index contributed by atoms with van der Waals surface area (Å²) in [6, 6.07) is 0. The molecule has 6 heteroatoms. The van der Waals surface area contributed by atoms with Gasteiger partial charge in [-0.15, -0.1) is 0 Å². The molecule has 2 unspecified atom stereocenters. The van der Waals surface area contributed by atoms with E-state index in [1.165, 1.54) is 6.26 Å². The van der Waals surface area contributed by atoms with E-state index in [0.717, 1.165) is 0 Å². The van der Waals surface area contributed by atoms with Crippen LogP contribution in [0.1, 0.15) is 20.8 Å². The summed E-state index contributed by atoms with van der Waals surface area (Å²) in [6.45, 7) is 6.62. The maximum Gasteiger partial charge on any atom is 0.341 e. The topological polar surface area (TPSA) is 85.2 Å². The summed E-state index contributed by atoms with van der Waals surface area (Å²) >= 11 is 0. The lowest BCUT2D eigenvalue weighted by Crippen LogP contribution is -2.16. The van der Waals surface area contributed by atoms with Crippen molar-refractivity contribution in [3.8, 4) is 0 Å². The molecule has 0 aliphatic carbocycles. The Morgan fingerprint density at radius 2 is 1.56 bits per heavy atom. The third-order valence-corrected chi connectivity index (χ3v) is 1.75. The number of cyclic esters (lactones) is 1. The first-order valence-electron chi connectivity index (χ1n) is 5.82. The Hall–Kier alpha value is -0.950. The predicted octanol–water partition coefficient (Wildman–Crippen LogP) is 0.228. The van der Waals surface area contributed by atoms with Crippen molar-refractivity contribution in [1.82, 2.24) is 0 Å². The van der Waals surface area contributed by atoms with Gasteiger partial charge in [0.2, 0.25) is 0 Å². The zero-order valence-electron chi connectivity index (χ0n) is 11.1. The maximum absolute atomic E-state index is 9.94. The lowest BCUT2D eigenvalue weighted by Gasteiger charge is -2.07. The Morgan fingerprint density at radius 3 is 1.72 bits per heavy atom. The molecule has 18 heavy (non-hydrogen) atoms. The van der Waals surface area contributed by atoms with Gasteiger partial charge in [-0.3, -0.25) is 0 Å². The van der Waals surface area contributed by atoms with Crippen LogP contribution in [0.2, 0.25) is 0 Å². The van der Waals surface area contributed by atoms with Gasteiger partial charge in [0, 0.05) is 0 Å². The third-order valence-electron chi connectivity index (χ3n) is 1.75. The van der Waals surface area contributed by atoms with E-state index in [1.807, 2.05) is 0 Å². The predicted molar refractivity (Wildman–Crippen MR) is 64.8 cm³/mol. The van der Waals surface area contributed by atoms with Gasteiger partial charge in [-0.2, -0.15) is 0 Å². The van der Waals surface area contributed by atoms with Crippen LogP contribution in [0.5, 0.6) is 0 Å². The molecule has 1 aliphatic heterocycles. The quantitative estimate of drug-likeness (QED) is 0.504. The first kappa shape index (κ1) is 17.1. The van der Waals surface area contributed by atoms with Crippen LogP contribution in [0.4, 0.5) is 0 Å². The average molecular weight is 262 g/mol. The highest BCUT2D eigenvalue weighted by atomic mass is 16.5. The molecule has 0 aromatic rings. The van der Waals surface area contributed by atoms with E-state index in [1.54, 1.807) is 20.8 Å². The van der Waals surface area contributed by atoms with Crippen molar-refractivity contribution < 1.29 is 29.2 Å². The van der Waals surface area contributed by atoms with Gasteiger partial charge >= 0.3 is 5.97 Å². The van der Waals surface area contributed by atoms with E-state index in [0.29, 0.717) is 32.0 Å². The number of rotatable bonds is 7. The molecule has 1 aliphatic rings. The van der Waals surface area contributed by atoms with E-state index in [2.05, 4.69) is 4.74 Å². The number of carbonyl (C=O) groups excluding carboxylic acids is 1. The van der Waals surface area contributed by atoms with Crippen molar-refractivity contribution in [2.45, 2.75) is 33.0 Å². The number of esters is 1. The smallest absolute Gasteiger partial charge is 0.341 e. The maximum atomic E-state index is 9.94. The van der Waals surface area contributed by atoms with Crippen LogP contribution in [0.25, 0.3) is 0 Å². The van der Waals surface area contributed by atoms with Gasteiger partial charge in [0.15, 0.2) is 0 Å². The van der Waals surface area contributed by atoms with Crippen molar-refractivity contribution >= 4 is 5.97 Å². The van der Waals surface area contributed by atoms with Crippen LogP contribution in [-0.4, -0.2) is 54.8 Å². The van der Waals surface area contributed by atoms with Crippen LogP contribution in [-0.2, 0) is 19.0 Å². The van der Waals surface area contributed by atoms with Gasteiger partial charge in [-0.05, 0) is 20.8 Å². The summed E-state index contributed by atoms with van der Waals surface area (Å²) in [5.74, 6) is -0.199. The number of aliphatic hydroxyl groups excluding tert-OH is 2. The van der Waals surface area contributed by atoms with Gasteiger partial charge in [0.25, 0.3) is 0 Å². The Kier molecular flexibility index (Phi) is 9.49. The molecule has 0 saturated carbocycles. The molecule has 0 aromatic carbocycles. The molecule has 1 heterocycles. The monoisotopic (exact) mass is 262 g/mol. The number of carbonyl (C=O) groups is 1. The second-order valence-corrected chi connectivity index (χ2v) is 4.05. The van der Waals surface area contributed by atoms with Crippen molar-refractivity contribution in [2.24, 2.45) is 0 Å². The highest BCUT2D eigenvalue weighted by molar-refractivity contribution is 5.92. The number of aliphatic hydroxyl groups is 2. The van der Waals surface area contributed by atoms with Crippen molar-refractivity contribution in [2.75, 3.05) is 26.4 Å². The Morgan fingerprint density at radius 1 is 1.17 bits per heavy atom. The zero-order valence-corrected chi connectivity index (χ0v) is 11.1. The molecule has 0 bridgehead atoms. The first-order chi connectivity index (χ1) is 8.43. The average Bonchev–Trinajstić information content (AvgIpc) is 2.31. The normalized spacial score (nSPS) is 16.7. The van der Waals surface area contributed by atoms with Gasteiger partial charge < -0.3 is 24.4 Å². The molecule has 0 amide bonds. The minimum absolute atomic E-state index is 0.199. The molecule has 6 nitrogen and oxygen atoms in total. The lowest BCUT2D eigenvalue weighted by atomic mass is 10.3. The second-order valence-electron chi connectivity index (χ2n) is 4.05. The molecule has 0 aromatic heterocycles. The summed E-state index contributed by atoms with van der Waals surface area (Å²) in [5, 5.41) is 17.6. The highest BCUT2D eigenvalue weighted by Crippen LogP contribution is 2.06. The Bertz CT molecular complexity index is 247. The van der Waals surface area contributed by atoms with E-state index in [-0.39, 0.29) is 5.97 Å². The minimum atomic E-state index is -0.429. The number of ether oxygens (including phenoxy) is 3.